The van der Waals surface area contributed by atoms with Crippen LogP contribution in [0.4, 0.5) is 11.5 Å². The average Bonchev–Trinajstić information content (AvgIpc) is 2.79. The van der Waals surface area contributed by atoms with E-state index in [9.17, 15) is 0 Å². The van der Waals surface area contributed by atoms with Crippen LogP contribution in [0.2, 0.25) is 0 Å². The molecule has 1 aromatic rings. The highest BCUT2D eigenvalue weighted by atomic mass is 32.1. The summed E-state index contributed by atoms with van der Waals surface area (Å²) in [6.45, 7) is 14.1. The van der Waals surface area contributed by atoms with E-state index in [1.807, 2.05) is 6.92 Å². The van der Waals surface area contributed by atoms with Gasteiger partial charge in [0.1, 0.15) is 12.0 Å². The molecule has 168 valence electrons. The normalized spacial score (nSPS) is 18.4. The SMILES string of the molecule is CCOCCN1CCN(c2ncncc2NC(=S)NCCCN2CCOCC2)CC1. The lowest BCUT2D eigenvalue weighted by molar-refractivity contribution is 0.0376. The molecule has 2 saturated heterocycles. The van der Waals surface area contributed by atoms with Gasteiger partial charge in [-0.2, -0.15) is 0 Å². The van der Waals surface area contributed by atoms with Gasteiger partial charge in [-0.05, 0) is 32.1 Å². The Balaban J connectivity index is 1.40. The van der Waals surface area contributed by atoms with E-state index in [1.54, 1.807) is 12.5 Å². The molecule has 0 aromatic carbocycles. The van der Waals surface area contributed by atoms with E-state index in [-0.39, 0.29) is 0 Å². The summed E-state index contributed by atoms with van der Waals surface area (Å²) < 4.78 is 10.9. The van der Waals surface area contributed by atoms with Gasteiger partial charge in [0.2, 0.25) is 0 Å². The molecule has 0 unspecified atom stereocenters. The number of ether oxygens (including phenoxy) is 2. The summed E-state index contributed by atoms with van der Waals surface area (Å²) in [7, 11) is 0. The number of thiocarbonyl (C=S) groups is 1. The lowest BCUT2D eigenvalue weighted by atomic mass is 10.3. The fourth-order valence-electron chi connectivity index (χ4n) is 3.68. The maximum absolute atomic E-state index is 5.49. The third kappa shape index (κ3) is 7.59. The van der Waals surface area contributed by atoms with Crippen LogP contribution in [0, 0.1) is 0 Å². The van der Waals surface area contributed by atoms with Crippen LogP contribution in [0.1, 0.15) is 13.3 Å². The molecule has 0 aliphatic carbocycles. The Morgan fingerprint density at radius 2 is 1.90 bits per heavy atom. The van der Waals surface area contributed by atoms with E-state index in [4.69, 9.17) is 21.7 Å². The number of nitrogens with zero attached hydrogens (tertiary/aromatic N) is 5. The fourth-order valence-corrected chi connectivity index (χ4v) is 3.89. The van der Waals surface area contributed by atoms with Crippen molar-refractivity contribution in [1.29, 1.82) is 0 Å². The Hall–Kier alpha value is -1.59. The quantitative estimate of drug-likeness (QED) is 0.402. The zero-order valence-corrected chi connectivity index (χ0v) is 18.8. The van der Waals surface area contributed by atoms with Gasteiger partial charge in [0.05, 0.1) is 26.0 Å². The minimum atomic E-state index is 0.614. The van der Waals surface area contributed by atoms with Crippen molar-refractivity contribution < 1.29 is 9.47 Å². The minimum Gasteiger partial charge on any atom is -0.380 e. The van der Waals surface area contributed by atoms with Gasteiger partial charge in [0, 0.05) is 59.0 Å². The maximum atomic E-state index is 5.49. The highest BCUT2D eigenvalue weighted by molar-refractivity contribution is 7.80. The molecule has 0 spiro atoms. The number of hydrogen-bond donors (Lipinski definition) is 2. The van der Waals surface area contributed by atoms with Crippen molar-refractivity contribution in [3.8, 4) is 0 Å². The van der Waals surface area contributed by atoms with Crippen molar-refractivity contribution in [2.24, 2.45) is 0 Å². The van der Waals surface area contributed by atoms with Crippen molar-refractivity contribution in [3.05, 3.63) is 12.5 Å². The topological polar surface area (TPSA) is 78.0 Å². The van der Waals surface area contributed by atoms with Gasteiger partial charge in [-0.15, -0.1) is 0 Å². The summed E-state index contributed by atoms with van der Waals surface area (Å²) in [5.41, 5.74) is 0.853. The molecule has 3 rings (SSSR count). The molecule has 0 saturated carbocycles. The summed E-state index contributed by atoms with van der Waals surface area (Å²) in [5, 5.41) is 7.20. The molecule has 2 aliphatic rings. The number of rotatable bonds is 10. The average molecular weight is 438 g/mol. The molecule has 0 amide bonds. The first-order valence-electron chi connectivity index (χ1n) is 11.0. The predicted molar refractivity (Wildman–Crippen MR) is 123 cm³/mol. The van der Waals surface area contributed by atoms with Crippen molar-refractivity contribution >= 4 is 28.8 Å². The smallest absolute Gasteiger partial charge is 0.170 e. The molecule has 9 nitrogen and oxygen atoms in total. The standard InChI is InChI=1S/C20H35N7O2S/c1-2-28-13-10-26-6-8-27(9-7-26)19-18(16-21-17-23-19)24-20(30)22-4-3-5-25-11-14-29-15-12-25/h16-17H,2-15H2,1H3,(H2,22,24,30). The Labute approximate surface area is 185 Å². The summed E-state index contributed by atoms with van der Waals surface area (Å²) in [4.78, 5) is 15.9. The Morgan fingerprint density at radius 3 is 2.67 bits per heavy atom. The van der Waals surface area contributed by atoms with Gasteiger partial charge >= 0.3 is 0 Å². The predicted octanol–water partition coefficient (Wildman–Crippen LogP) is 0.644. The van der Waals surface area contributed by atoms with Crippen LogP contribution in [-0.2, 0) is 9.47 Å². The molecule has 0 atom stereocenters. The van der Waals surface area contributed by atoms with E-state index < -0.39 is 0 Å². The lowest BCUT2D eigenvalue weighted by Crippen LogP contribution is -2.48. The fraction of sp³-hybridized carbons (Fsp3) is 0.750. The van der Waals surface area contributed by atoms with Crippen LogP contribution < -0.4 is 15.5 Å². The molecular weight excluding hydrogens is 402 g/mol. The largest absolute Gasteiger partial charge is 0.380 e. The van der Waals surface area contributed by atoms with Gasteiger partial charge in [-0.1, -0.05) is 0 Å². The van der Waals surface area contributed by atoms with Crippen LogP contribution in [0.5, 0.6) is 0 Å². The van der Waals surface area contributed by atoms with Crippen LogP contribution >= 0.6 is 12.2 Å². The monoisotopic (exact) mass is 437 g/mol. The number of hydrogen-bond acceptors (Lipinski definition) is 8. The van der Waals surface area contributed by atoms with Crippen molar-refractivity contribution in [2.75, 3.05) is 95.5 Å². The van der Waals surface area contributed by atoms with Crippen LogP contribution in [0.25, 0.3) is 0 Å². The van der Waals surface area contributed by atoms with E-state index in [0.717, 1.165) is 103 Å². The van der Waals surface area contributed by atoms with Gasteiger partial charge < -0.3 is 25.0 Å². The molecule has 0 radical (unpaired) electrons. The van der Waals surface area contributed by atoms with Gasteiger partial charge in [-0.3, -0.25) is 9.80 Å². The van der Waals surface area contributed by atoms with E-state index in [1.165, 1.54) is 0 Å². The van der Waals surface area contributed by atoms with Crippen molar-refractivity contribution in [1.82, 2.24) is 25.1 Å². The molecule has 2 N–H and O–H groups in total. The van der Waals surface area contributed by atoms with Crippen LogP contribution in [-0.4, -0.2) is 110 Å². The molecule has 30 heavy (non-hydrogen) atoms. The van der Waals surface area contributed by atoms with Crippen molar-refractivity contribution in [2.45, 2.75) is 13.3 Å². The van der Waals surface area contributed by atoms with E-state index in [2.05, 4.69) is 35.3 Å². The highest BCUT2D eigenvalue weighted by Crippen LogP contribution is 2.22. The first-order chi connectivity index (χ1) is 14.8. The third-order valence-electron chi connectivity index (χ3n) is 5.41. The number of nitrogens with one attached hydrogen (secondary N) is 2. The molecule has 0 bridgehead atoms. The second-order valence-electron chi connectivity index (χ2n) is 7.47. The number of morpholine rings is 1. The molecule has 2 fully saturated rings. The zero-order valence-electron chi connectivity index (χ0n) is 18.0. The van der Waals surface area contributed by atoms with Gasteiger partial charge in [0.25, 0.3) is 0 Å². The zero-order chi connectivity index (χ0) is 21.0. The first kappa shape index (κ1) is 23.1. The number of piperazine rings is 1. The number of aromatic nitrogens is 2. The second-order valence-corrected chi connectivity index (χ2v) is 7.88. The van der Waals surface area contributed by atoms with Crippen LogP contribution in [0.3, 0.4) is 0 Å². The summed E-state index contributed by atoms with van der Waals surface area (Å²) in [6.07, 6.45) is 4.44. The molecular formula is C20H35N7O2S. The van der Waals surface area contributed by atoms with Gasteiger partial charge in [-0.25, -0.2) is 9.97 Å². The summed E-state index contributed by atoms with van der Waals surface area (Å²) >= 11 is 5.49. The second kappa shape index (κ2) is 13.0. The maximum Gasteiger partial charge on any atom is 0.170 e. The summed E-state index contributed by atoms with van der Waals surface area (Å²) in [5.74, 6) is 0.909. The Kier molecular flexibility index (Phi) is 9.97. The Morgan fingerprint density at radius 1 is 1.13 bits per heavy atom. The molecule has 3 heterocycles. The van der Waals surface area contributed by atoms with Crippen LogP contribution in [0.15, 0.2) is 12.5 Å². The van der Waals surface area contributed by atoms with E-state index >= 15 is 0 Å². The molecule has 2 aliphatic heterocycles. The first-order valence-corrected chi connectivity index (χ1v) is 11.4. The van der Waals surface area contributed by atoms with Gasteiger partial charge in [0.15, 0.2) is 10.9 Å². The third-order valence-corrected chi connectivity index (χ3v) is 5.65. The molecule has 10 heteroatoms. The molecule has 1 aromatic heterocycles. The van der Waals surface area contributed by atoms with Crippen molar-refractivity contribution in [3.63, 3.8) is 0 Å². The van der Waals surface area contributed by atoms with E-state index in [0.29, 0.717) is 5.11 Å². The minimum absolute atomic E-state index is 0.614. The summed E-state index contributed by atoms with van der Waals surface area (Å²) in [6, 6.07) is 0. The number of anilines is 2. The Bertz CT molecular complexity index is 637. The highest BCUT2D eigenvalue weighted by Gasteiger charge is 2.20. The lowest BCUT2D eigenvalue weighted by Gasteiger charge is -2.36.